The van der Waals surface area contributed by atoms with E-state index in [1.807, 2.05) is 32.9 Å². The van der Waals surface area contributed by atoms with E-state index in [1.165, 1.54) is 16.9 Å². The molecule has 1 N–H and O–H groups in total. The summed E-state index contributed by atoms with van der Waals surface area (Å²) in [6.45, 7) is 8.17. The van der Waals surface area contributed by atoms with E-state index < -0.39 is 0 Å². The third-order valence-corrected chi connectivity index (χ3v) is 5.29. The average Bonchev–Trinajstić information content (AvgIpc) is 3.17. The van der Waals surface area contributed by atoms with Crippen molar-refractivity contribution in [3.05, 3.63) is 41.5 Å². The Balaban J connectivity index is 1.64. The van der Waals surface area contributed by atoms with Gasteiger partial charge < -0.3 is 9.84 Å². The number of anilines is 2. The van der Waals surface area contributed by atoms with Gasteiger partial charge in [0.05, 0.1) is 5.25 Å². The predicted octanol–water partition coefficient (Wildman–Crippen LogP) is 4.95. The predicted molar refractivity (Wildman–Crippen MR) is 97.0 cm³/mol. The molecule has 24 heavy (non-hydrogen) atoms. The lowest BCUT2D eigenvalue weighted by molar-refractivity contribution is 0.373. The van der Waals surface area contributed by atoms with Gasteiger partial charge in [-0.05, 0) is 31.5 Å². The van der Waals surface area contributed by atoms with Crippen LogP contribution in [0.15, 0.2) is 33.1 Å². The second-order valence-electron chi connectivity index (χ2n) is 5.77. The van der Waals surface area contributed by atoms with E-state index in [4.69, 9.17) is 4.52 Å². The molecule has 0 bridgehead atoms. The molecule has 0 aliphatic heterocycles. The van der Waals surface area contributed by atoms with Crippen molar-refractivity contribution in [1.29, 1.82) is 0 Å². The number of nitrogens with one attached hydrogen (secondary N) is 1. The Hall–Kier alpha value is -1.93. The molecule has 0 aliphatic rings. The largest absolute Gasteiger partial charge is 0.338 e. The molecular formula is C16H19N5OS2. The molecule has 3 rings (SSSR count). The van der Waals surface area contributed by atoms with Gasteiger partial charge in [0.25, 0.3) is 0 Å². The number of hydrogen-bond acceptors (Lipinski definition) is 8. The first-order chi connectivity index (χ1) is 11.5. The maximum absolute atomic E-state index is 5.33. The van der Waals surface area contributed by atoms with Gasteiger partial charge in [0.1, 0.15) is 0 Å². The summed E-state index contributed by atoms with van der Waals surface area (Å²) in [5.74, 6) is 1.61. The Morgan fingerprint density at radius 1 is 1.21 bits per heavy atom. The molecule has 0 aliphatic carbocycles. The fourth-order valence-electron chi connectivity index (χ4n) is 2.00. The minimum Gasteiger partial charge on any atom is -0.338 e. The third-order valence-electron chi connectivity index (χ3n) is 3.28. The van der Waals surface area contributed by atoms with E-state index in [-0.39, 0.29) is 11.2 Å². The van der Waals surface area contributed by atoms with Crippen LogP contribution in [0.3, 0.4) is 0 Å². The number of hydrogen-bond donors (Lipinski definition) is 1. The fraction of sp³-hybridized carbons (Fsp3) is 0.375. The molecule has 3 aromatic rings. The molecule has 0 fully saturated rings. The topological polar surface area (TPSA) is 76.7 Å². The average molecular weight is 361 g/mol. The molecule has 1 atom stereocenters. The lowest BCUT2D eigenvalue weighted by Crippen LogP contribution is -1.92. The van der Waals surface area contributed by atoms with Gasteiger partial charge in [-0.2, -0.15) is 4.98 Å². The Morgan fingerprint density at radius 3 is 2.75 bits per heavy atom. The van der Waals surface area contributed by atoms with Crippen molar-refractivity contribution in [1.82, 2.24) is 20.3 Å². The van der Waals surface area contributed by atoms with Gasteiger partial charge in [-0.1, -0.05) is 54.2 Å². The van der Waals surface area contributed by atoms with Crippen molar-refractivity contribution in [2.24, 2.45) is 0 Å². The highest BCUT2D eigenvalue weighted by molar-refractivity contribution is 8.01. The number of thioether (sulfide) groups is 1. The number of aromatic nitrogens is 4. The number of nitrogens with zero attached hydrogens (tertiary/aromatic N) is 4. The smallest absolute Gasteiger partial charge is 0.239 e. The van der Waals surface area contributed by atoms with Gasteiger partial charge in [-0.15, -0.1) is 10.2 Å². The van der Waals surface area contributed by atoms with Crippen molar-refractivity contribution in [2.75, 3.05) is 5.32 Å². The molecular weight excluding hydrogens is 342 g/mol. The van der Waals surface area contributed by atoms with Crippen LogP contribution < -0.4 is 5.32 Å². The van der Waals surface area contributed by atoms with E-state index in [2.05, 4.69) is 44.7 Å². The molecule has 2 heterocycles. The molecule has 1 unspecified atom stereocenters. The molecule has 6 nitrogen and oxygen atoms in total. The molecule has 1 aromatic carbocycles. The molecule has 2 aromatic heterocycles. The van der Waals surface area contributed by atoms with E-state index in [0.29, 0.717) is 5.89 Å². The summed E-state index contributed by atoms with van der Waals surface area (Å²) >= 11 is 3.07. The van der Waals surface area contributed by atoms with Crippen LogP contribution in [0.2, 0.25) is 0 Å². The first-order valence-electron chi connectivity index (χ1n) is 7.68. The van der Waals surface area contributed by atoms with Crippen molar-refractivity contribution >= 4 is 33.9 Å². The van der Waals surface area contributed by atoms with E-state index in [9.17, 15) is 0 Å². The normalized spacial score (nSPS) is 12.5. The minimum atomic E-state index is 0.0322. The molecule has 0 saturated heterocycles. The zero-order chi connectivity index (χ0) is 17.1. The lowest BCUT2D eigenvalue weighted by atomic mass is 10.2. The van der Waals surface area contributed by atoms with Gasteiger partial charge in [0.2, 0.25) is 11.0 Å². The van der Waals surface area contributed by atoms with Crippen LogP contribution in [0.25, 0.3) is 0 Å². The number of aryl methyl sites for hydroxylation is 1. The maximum Gasteiger partial charge on any atom is 0.239 e. The van der Waals surface area contributed by atoms with Crippen molar-refractivity contribution in [2.45, 2.75) is 43.2 Å². The maximum atomic E-state index is 5.33. The summed E-state index contributed by atoms with van der Waals surface area (Å²) in [6, 6.07) is 8.15. The molecule has 0 amide bonds. The van der Waals surface area contributed by atoms with Crippen molar-refractivity contribution in [3.63, 3.8) is 0 Å². The first-order valence-corrected chi connectivity index (χ1v) is 9.38. The summed E-state index contributed by atoms with van der Waals surface area (Å²) in [4.78, 5) is 4.43. The summed E-state index contributed by atoms with van der Waals surface area (Å²) in [5.41, 5.74) is 2.21. The van der Waals surface area contributed by atoms with Gasteiger partial charge in [0, 0.05) is 11.6 Å². The van der Waals surface area contributed by atoms with Crippen LogP contribution in [0.5, 0.6) is 0 Å². The summed E-state index contributed by atoms with van der Waals surface area (Å²) in [5, 5.41) is 16.5. The molecule has 0 saturated carbocycles. The van der Waals surface area contributed by atoms with Crippen LogP contribution >= 0.6 is 23.1 Å². The Labute approximate surface area is 149 Å². The summed E-state index contributed by atoms with van der Waals surface area (Å²) < 4.78 is 6.20. The van der Waals surface area contributed by atoms with E-state index in [0.717, 1.165) is 21.0 Å². The van der Waals surface area contributed by atoms with Crippen LogP contribution in [0.1, 0.15) is 49.2 Å². The van der Waals surface area contributed by atoms with Crippen molar-refractivity contribution in [3.8, 4) is 0 Å². The Kier molecular flexibility index (Phi) is 5.15. The van der Waals surface area contributed by atoms with E-state index >= 15 is 0 Å². The van der Waals surface area contributed by atoms with Crippen LogP contribution in [-0.2, 0) is 0 Å². The molecule has 0 spiro atoms. The summed E-state index contributed by atoms with van der Waals surface area (Å²) in [7, 11) is 0. The van der Waals surface area contributed by atoms with E-state index in [1.54, 1.807) is 11.8 Å². The van der Waals surface area contributed by atoms with Crippen LogP contribution in [-0.4, -0.2) is 20.3 Å². The SMILES string of the molecule is Cc1cccc(Nc2nnc(SC(C)c3nc(C(C)C)no3)s2)c1. The zero-order valence-corrected chi connectivity index (χ0v) is 15.6. The highest BCUT2D eigenvalue weighted by Crippen LogP contribution is 2.37. The minimum absolute atomic E-state index is 0.0322. The fourth-order valence-corrected chi connectivity index (χ4v) is 3.95. The van der Waals surface area contributed by atoms with Crippen molar-refractivity contribution < 1.29 is 4.52 Å². The highest BCUT2D eigenvalue weighted by Gasteiger charge is 2.19. The molecule has 126 valence electrons. The standard InChI is InChI=1S/C16H19N5OS2/c1-9(2)13-18-14(22-21-13)11(4)23-16-20-19-15(24-16)17-12-7-5-6-10(3)8-12/h5-9,11H,1-4H3,(H,17,19). The second kappa shape index (κ2) is 7.31. The van der Waals surface area contributed by atoms with Crippen LogP contribution in [0.4, 0.5) is 10.8 Å². The summed E-state index contributed by atoms with van der Waals surface area (Å²) in [6.07, 6.45) is 0. The Morgan fingerprint density at radius 2 is 2.04 bits per heavy atom. The van der Waals surface area contributed by atoms with Gasteiger partial charge in [-0.25, -0.2) is 0 Å². The molecule has 8 heteroatoms. The first kappa shape index (κ1) is 16.9. The number of benzene rings is 1. The lowest BCUT2D eigenvalue weighted by Gasteiger charge is -2.03. The monoisotopic (exact) mass is 361 g/mol. The van der Waals surface area contributed by atoms with Crippen LogP contribution in [0, 0.1) is 6.92 Å². The van der Waals surface area contributed by atoms with Gasteiger partial charge in [0.15, 0.2) is 10.2 Å². The van der Waals surface area contributed by atoms with Gasteiger partial charge in [-0.3, -0.25) is 0 Å². The van der Waals surface area contributed by atoms with Gasteiger partial charge >= 0.3 is 0 Å². The second-order valence-corrected chi connectivity index (χ2v) is 8.34. The Bertz CT molecular complexity index is 814. The zero-order valence-electron chi connectivity index (χ0n) is 14.0. The highest BCUT2D eigenvalue weighted by atomic mass is 32.2. The third kappa shape index (κ3) is 4.12. The number of rotatable bonds is 6. The molecule has 0 radical (unpaired) electrons. The quantitative estimate of drug-likeness (QED) is 0.622.